The molecular weight excluding hydrogens is 282 g/mol. The minimum Gasteiger partial charge on any atom is -0.481 e. The molecule has 0 aliphatic carbocycles. The molecule has 1 rings (SSSR count). The van der Waals surface area contributed by atoms with Crippen molar-refractivity contribution < 1.29 is 23.1 Å². The smallest absolute Gasteiger partial charge is 0.307 e. The molecule has 112 valence electrons. The van der Waals surface area contributed by atoms with E-state index in [2.05, 4.69) is 4.72 Å². The highest BCUT2D eigenvalue weighted by Gasteiger charge is 2.13. The zero-order valence-electron chi connectivity index (χ0n) is 11.5. The fourth-order valence-corrected chi connectivity index (χ4v) is 2.53. The Kier molecular flexibility index (Phi) is 6.12. The maximum atomic E-state index is 11.9. The number of rotatable bonds is 8. The maximum absolute atomic E-state index is 11.9. The van der Waals surface area contributed by atoms with Crippen molar-refractivity contribution in [3.63, 3.8) is 0 Å². The lowest BCUT2D eigenvalue weighted by molar-refractivity contribution is -0.136. The first kappa shape index (κ1) is 16.6. The van der Waals surface area contributed by atoms with Crippen LogP contribution in [-0.4, -0.2) is 38.7 Å². The predicted molar refractivity (Wildman–Crippen MR) is 74.1 cm³/mol. The fourth-order valence-electron chi connectivity index (χ4n) is 1.52. The van der Waals surface area contributed by atoms with Gasteiger partial charge in [-0.15, -0.1) is 0 Å². The van der Waals surface area contributed by atoms with E-state index in [0.717, 1.165) is 0 Å². The average molecular weight is 301 g/mol. The number of hydrogen-bond donors (Lipinski definition) is 2. The van der Waals surface area contributed by atoms with Crippen molar-refractivity contribution in [1.82, 2.24) is 4.72 Å². The minimum atomic E-state index is -3.58. The quantitative estimate of drug-likeness (QED) is 0.699. The van der Waals surface area contributed by atoms with Crippen LogP contribution in [0.5, 0.6) is 0 Å². The Morgan fingerprint density at radius 2 is 1.90 bits per heavy atom. The Morgan fingerprint density at radius 3 is 2.40 bits per heavy atom. The van der Waals surface area contributed by atoms with E-state index < -0.39 is 16.0 Å². The molecule has 0 aromatic heterocycles. The molecule has 0 aliphatic heterocycles. The summed E-state index contributed by atoms with van der Waals surface area (Å²) in [4.78, 5) is 10.6. The standard InChI is InChI=1S/C13H19NO5S/c1-10(2)19-8-7-14-20(17,18)12-5-3-11(4-6-12)9-13(15)16/h3-6,10,14H,7-9H2,1-2H3,(H,15,16). The first-order chi connectivity index (χ1) is 9.31. The topological polar surface area (TPSA) is 92.7 Å². The Balaban J connectivity index is 2.61. The summed E-state index contributed by atoms with van der Waals surface area (Å²) in [6.07, 6.45) is -0.0782. The van der Waals surface area contributed by atoms with Gasteiger partial charge in [0.05, 0.1) is 24.0 Å². The van der Waals surface area contributed by atoms with Crippen molar-refractivity contribution in [2.24, 2.45) is 0 Å². The number of aliphatic carboxylic acids is 1. The van der Waals surface area contributed by atoms with Gasteiger partial charge in [-0.3, -0.25) is 4.79 Å². The molecule has 20 heavy (non-hydrogen) atoms. The predicted octanol–water partition coefficient (Wildman–Crippen LogP) is 1.02. The van der Waals surface area contributed by atoms with E-state index in [0.29, 0.717) is 12.2 Å². The molecule has 0 bridgehead atoms. The second-order valence-electron chi connectivity index (χ2n) is 4.53. The normalized spacial score (nSPS) is 11.8. The molecule has 1 aromatic carbocycles. The van der Waals surface area contributed by atoms with Crippen LogP contribution in [0.1, 0.15) is 19.4 Å². The highest BCUT2D eigenvalue weighted by atomic mass is 32.2. The second-order valence-corrected chi connectivity index (χ2v) is 6.30. The van der Waals surface area contributed by atoms with Gasteiger partial charge in [-0.25, -0.2) is 13.1 Å². The molecule has 0 fully saturated rings. The summed E-state index contributed by atoms with van der Waals surface area (Å²) in [6, 6.07) is 5.77. The third-order valence-electron chi connectivity index (χ3n) is 2.43. The number of benzene rings is 1. The summed E-state index contributed by atoms with van der Waals surface area (Å²) in [7, 11) is -3.58. The van der Waals surface area contributed by atoms with Gasteiger partial charge in [-0.05, 0) is 31.5 Å². The maximum Gasteiger partial charge on any atom is 0.307 e. The lowest BCUT2D eigenvalue weighted by atomic mass is 10.2. The number of ether oxygens (including phenoxy) is 1. The van der Waals surface area contributed by atoms with Crippen LogP contribution in [0.25, 0.3) is 0 Å². The van der Waals surface area contributed by atoms with Crippen LogP contribution in [0.3, 0.4) is 0 Å². The Morgan fingerprint density at radius 1 is 1.30 bits per heavy atom. The van der Waals surface area contributed by atoms with Gasteiger partial charge in [0, 0.05) is 6.54 Å². The molecular formula is C13H19NO5S. The van der Waals surface area contributed by atoms with Crippen LogP contribution < -0.4 is 4.72 Å². The number of sulfonamides is 1. The lowest BCUT2D eigenvalue weighted by Crippen LogP contribution is -2.28. The molecule has 0 saturated carbocycles. The van der Waals surface area contributed by atoms with Crippen LogP contribution in [0.4, 0.5) is 0 Å². The Hall–Kier alpha value is -1.44. The largest absolute Gasteiger partial charge is 0.481 e. The van der Waals surface area contributed by atoms with E-state index in [4.69, 9.17) is 9.84 Å². The number of carboxylic acid groups (broad SMARTS) is 1. The molecule has 0 saturated heterocycles. The first-order valence-corrected chi connectivity index (χ1v) is 7.71. The van der Waals surface area contributed by atoms with E-state index in [1.807, 2.05) is 13.8 Å². The summed E-state index contributed by atoms with van der Waals surface area (Å²) in [5.41, 5.74) is 0.555. The summed E-state index contributed by atoms with van der Waals surface area (Å²) >= 11 is 0. The fraction of sp³-hybridized carbons (Fsp3) is 0.462. The SMILES string of the molecule is CC(C)OCCNS(=O)(=O)c1ccc(CC(=O)O)cc1. The highest BCUT2D eigenvalue weighted by molar-refractivity contribution is 7.89. The van der Waals surface area contributed by atoms with Crippen LogP contribution in [0, 0.1) is 0 Å². The number of hydrogen-bond acceptors (Lipinski definition) is 4. The van der Waals surface area contributed by atoms with Gasteiger partial charge in [-0.1, -0.05) is 12.1 Å². The van der Waals surface area contributed by atoms with Crippen LogP contribution in [0.2, 0.25) is 0 Å². The number of carbonyl (C=O) groups is 1. The molecule has 6 nitrogen and oxygen atoms in total. The summed E-state index contributed by atoms with van der Waals surface area (Å²) < 4.78 is 31.5. The average Bonchev–Trinajstić information content (AvgIpc) is 2.34. The summed E-state index contributed by atoms with van der Waals surface area (Å²) in [6.45, 7) is 4.23. The van der Waals surface area contributed by atoms with E-state index in [9.17, 15) is 13.2 Å². The van der Waals surface area contributed by atoms with Crippen molar-refractivity contribution in [3.8, 4) is 0 Å². The first-order valence-electron chi connectivity index (χ1n) is 6.23. The van der Waals surface area contributed by atoms with E-state index in [-0.39, 0.29) is 24.0 Å². The molecule has 0 amide bonds. The number of nitrogens with one attached hydrogen (secondary N) is 1. The molecule has 0 atom stereocenters. The monoisotopic (exact) mass is 301 g/mol. The molecule has 0 spiro atoms. The zero-order chi connectivity index (χ0) is 15.2. The van der Waals surface area contributed by atoms with Crippen LogP contribution in [-0.2, 0) is 26.0 Å². The van der Waals surface area contributed by atoms with Crippen molar-refractivity contribution >= 4 is 16.0 Å². The van der Waals surface area contributed by atoms with Gasteiger partial charge in [0.15, 0.2) is 0 Å². The van der Waals surface area contributed by atoms with Crippen molar-refractivity contribution in [2.75, 3.05) is 13.2 Å². The van der Waals surface area contributed by atoms with Gasteiger partial charge < -0.3 is 9.84 Å². The molecule has 0 unspecified atom stereocenters. The third-order valence-corrected chi connectivity index (χ3v) is 3.91. The highest BCUT2D eigenvalue weighted by Crippen LogP contribution is 2.10. The van der Waals surface area contributed by atoms with Crippen LogP contribution in [0.15, 0.2) is 29.2 Å². The van der Waals surface area contributed by atoms with Gasteiger partial charge in [0.1, 0.15) is 0 Å². The van der Waals surface area contributed by atoms with E-state index >= 15 is 0 Å². The van der Waals surface area contributed by atoms with Crippen molar-refractivity contribution in [2.45, 2.75) is 31.3 Å². The summed E-state index contributed by atoms with van der Waals surface area (Å²) in [5, 5.41) is 8.64. The zero-order valence-corrected chi connectivity index (χ0v) is 12.3. The number of carboxylic acids is 1. The molecule has 2 N–H and O–H groups in total. The molecule has 0 radical (unpaired) electrons. The Labute approximate surface area is 118 Å². The summed E-state index contributed by atoms with van der Waals surface area (Å²) in [5.74, 6) is -0.954. The minimum absolute atomic E-state index is 0.0507. The molecule has 1 aromatic rings. The van der Waals surface area contributed by atoms with Crippen molar-refractivity contribution in [1.29, 1.82) is 0 Å². The van der Waals surface area contributed by atoms with Crippen LogP contribution >= 0.6 is 0 Å². The van der Waals surface area contributed by atoms with Gasteiger partial charge in [0.2, 0.25) is 10.0 Å². The van der Waals surface area contributed by atoms with E-state index in [1.165, 1.54) is 24.3 Å². The second kappa shape index (κ2) is 7.37. The molecule has 7 heteroatoms. The van der Waals surface area contributed by atoms with Gasteiger partial charge >= 0.3 is 5.97 Å². The molecule has 0 heterocycles. The van der Waals surface area contributed by atoms with E-state index in [1.54, 1.807) is 0 Å². The van der Waals surface area contributed by atoms with Gasteiger partial charge in [0.25, 0.3) is 0 Å². The third kappa shape index (κ3) is 5.68. The lowest BCUT2D eigenvalue weighted by Gasteiger charge is -2.09. The van der Waals surface area contributed by atoms with Crippen molar-refractivity contribution in [3.05, 3.63) is 29.8 Å². The Bertz CT molecular complexity index is 536. The molecule has 0 aliphatic rings. The van der Waals surface area contributed by atoms with Gasteiger partial charge in [-0.2, -0.15) is 0 Å².